The summed E-state index contributed by atoms with van der Waals surface area (Å²) in [5.74, 6) is 1.35. The van der Waals surface area contributed by atoms with Crippen molar-refractivity contribution in [2.45, 2.75) is 30.6 Å². The van der Waals surface area contributed by atoms with Crippen LogP contribution in [0.3, 0.4) is 0 Å². The van der Waals surface area contributed by atoms with Crippen molar-refractivity contribution in [3.8, 4) is 22.6 Å². The molecule has 1 amide bonds. The fraction of sp³-hybridized carbons (Fsp3) is 0.225. The molecule has 2 atom stereocenters. The Bertz CT molecular complexity index is 1690. The minimum absolute atomic E-state index is 0.0190. The van der Waals surface area contributed by atoms with Crippen LogP contribution in [0.15, 0.2) is 127 Å². The first-order chi connectivity index (χ1) is 22.9. The number of fused-ring (bicyclic) bond motifs is 3. The molecule has 0 unspecified atom stereocenters. The fourth-order valence-corrected chi connectivity index (χ4v) is 6.38. The first kappa shape index (κ1) is 31.9. The van der Waals surface area contributed by atoms with Crippen LogP contribution in [0.5, 0.6) is 11.5 Å². The van der Waals surface area contributed by atoms with Gasteiger partial charge in [0, 0.05) is 5.92 Å². The quantitative estimate of drug-likeness (QED) is 0.141. The first-order valence-corrected chi connectivity index (χ1v) is 15.7. The Morgan fingerprint density at radius 3 is 1.66 bits per heavy atom. The van der Waals surface area contributed by atoms with E-state index in [2.05, 4.69) is 29.6 Å². The Labute approximate surface area is 275 Å². The average Bonchev–Trinajstić information content (AvgIpc) is 3.44. The lowest BCUT2D eigenvalue weighted by Crippen LogP contribution is -2.48. The minimum atomic E-state index is -1.10. The molecule has 0 aromatic heterocycles. The lowest BCUT2D eigenvalue weighted by Gasteiger charge is -2.37. The number of hydrogen-bond donors (Lipinski definition) is 2. The number of carbonyl (C=O) groups is 1. The summed E-state index contributed by atoms with van der Waals surface area (Å²) in [5, 5.41) is 13.7. The van der Waals surface area contributed by atoms with Crippen LogP contribution in [0.1, 0.15) is 40.7 Å². The first-order valence-electron chi connectivity index (χ1n) is 15.7. The number of aliphatic hydroxyl groups is 1. The Morgan fingerprint density at radius 1 is 0.702 bits per heavy atom. The summed E-state index contributed by atoms with van der Waals surface area (Å²) >= 11 is 0. The monoisotopic (exact) mass is 629 g/mol. The van der Waals surface area contributed by atoms with Gasteiger partial charge in [0.2, 0.25) is 0 Å². The number of hydrogen-bond acceptors (Lipinski definition) is 6. The van der Waals surface area contributed by atoms with Crippen LogP contribution in [0.2, 0.25) is 0 Å². The molecule has 47 heavy (non-hydrogen) atoms. The number of carbonyl (C=O) groups excluding carboxylic acids is 1. The highest BCUT2D eigenvalue weighted by Gasteiger charge is 2.39. The number of nitrogens with one attached hydrogen (secondary N) is 1. The molecule has 0 aliphatic heterocycles. The van der Waals surface area contributed by atoms with E-state index in [-0.39, 0.29) is 19.1 Å². The van der Waals surface area contributed by atoms with Gasteiger partial charge in [0.05, 0.1) is 33.0 Å². The van der Waals surface area contributed by atoms with E-state index in [1.54, 1.807) is 21.1 Å². The maximum absolute atomic E-state index is 13.3. The second-order valence-corrected chi connectivity index (χ2v) is 11.6. The van der Waals surface area contributed by atoms with Gasteiger partial charge in [0.25, 0.3) is 0 Å². The van der Waals surface area contributed by atoms with Gasteiger partial charge in [-0.3, -0.25) is 0 Å². The van der Waals surface area contributed by atoms with Crippen LogP contribution in [0.4, 0.5) is 4.79 Å². The molecule has 1 aliphatic carbocycles. The lowest BCUT2D eigenvalue weighted by atomic mass is 9.80. The lowest BCUT2D eigenvalue weighted by molar-refractivity contribution is -0.0207. The van der Waals surface area contributed by atoms with Gasteiger partial charge in [0.15, 0.2) is 0 Å². The number of rotatable bonds is 12. The van der Waals surface area contributed by atoms with Crippen molar-refractivity contribution in [1.29, 1.82) is 0 Å². The average molecular weight is 630 g/mol. The van der Waals surface area contributed by atoms with Gasteiger partial charge in [-0.15, -0.1) is 0 Å². The summed E-state index contributed by atoms with van der Waals surface area (Å²) in [7, 11) is 3.25. The van der Waals surface area contributed by atoms with Crippen molar-refractivity contribution in [2.75, 3.05) is 27.4 Å². The molecule has 0 heterocycles. The topological polar surface area (TPSA) is 86.3 Å². The third-order valence-corrected chi connectivity index (χ3v) is 8.88. The molecule has 2 N–H and O–H groups in total. The molecule has 1 aliphatic rings. The van der Waals surface area contributed by atoms with E-state index in [1.807, 2.05) is 103 Å². The Balaban J connectivity index is 1.26. The van der Waals surface area contributed by atoms with Gasteiger partial charge in [-0.05, 0) is 70.1 Å². The van der Waals surface area contributed by atoms with Crippen molar-refractivity contribution in [1.82, 2.24) is 5.32 Å². The summed E-state index contributed by atoms with van der Waals surface area (Å²) in [6, 6.07) is 40.9. The highest BCUT2D eigenvalue weighted by Crippen LogP contribution is 2.45. The van der Waals surface area contributed by atoms with Gasteiger partial charge >= 0.3 is 6.09 Å². The van der Waals surface area contributed by atoms with E-state index in [0.29, 0.717) is 11.5 Å². The summed E-state index contributed by atoms with van der Waals surface area (Å²) in [4.78, 5) is 13.3. The zero-order valence-corrected chi connectivity index (χ0v) is 26.8. The van der Waals surface area contributed by atoms with Crippen molar-refractivity contribution in [2.24, 2.45) is 0 Å². The van der Waals surface area contributed by atoms with E-state index in [4.69, 9.17) is 18.9 Å². The van der Waals surface area contributed by atoms with Crippen LogP contribution in [-0.2, 0) is 15.1 Å². The molecule has 6 rings (SSSR count). The molecule has 5 aromatic rings. The van der Waals surface area contributed by atoms with E-state index >= 15 is 0 Å². The Kier molecular flexibility index (Phi) is 9.57. The second-order valence-electron chi connectivity index (χ2n) is 11.6. The standard InChI is InChI=1S/C40H39NO6/c1-27(42)38(41-39(43)46-25-37-35-15-9-7-13-33(35)34-14-8-10-16-36(34)37)26-47-40(28-11-5-4-6-12-28,29-17-21-31(44-2)22-18-29)30-19-23-32(45-3)24-20-30/h4-24,27,37-38,42H,25-26H2,1-3H3,(H,41,43)/t27-,38-/m1/s1. The SMILES string of the molecule is COc1ccc(C(OC[C@@H](NC(=O)OCC2c3ccccc3-c3ccccc32)[C@@H](C)O)(c2ccccc2)c2ccc(OC)cc2)cc1. The molecule has 5 aromatic carbocycles. The largest absolute Gasteiger partial charge is 0.497 e. The molecule has 0 saturated carbocycles. The molecule has 240 valence electrons. The van der Waals surface area contributed by atoms with Crippen molar-refractivity contribution in [3.63, 3.8) is 0 Å². The third kappa shape index (κ3) is 6.45. The molecular formula is C40H39NO6. The minimum Gasteiger partial charge on any atom is -0.497 e. The zero-order valence-electron chi connectivity index (χ0n) is 26.8. The van der Waals surface area contributed by atoms with E-state index in [1.165, 1.54) is 0 Å². The number of aliphatic hydroxyl groups excluding tert-OH is 1. The maximum Gasteiger partial charge on any atom is 0.407 e. The van der Waals surface area contributed by atoms with Gasteiger partial charge in [-0.1, -0.05) is 103 Å². The molecule has 0 saturated heterocycles. The normalized spacial score (nSPS) is 13.6. The van der Waals surface area contributed by atoms with Crippen LogP contribution in [0.25, 0.3) is 11.1 Å². The summed E-state index contributed by atoms with van der Waals surface area (Å²) in [6.07, 6.45) is -1.56. The van der Waals surface area contributed by atoms with Gasteiger partial charge in [-0.25, -0.2) is 4.79 Å². The summed E-state index contributed by atoms with van der Waals surface area (Å²) in [6.45, 7) is 1.77. The number of amides is 1. The summed E-state index contributed by atoms with van der Waals surface area (Å²) < 4.78 is 23.6. The number of benzene rings is 5. The molecule has 0 spiro atoms. The highest BCUT2D eigenvalue weighted by atomic mass is 16.6. The summed E-state index contributed by atoms with van der Waals surface area (Å²) in [5.41, 5.74) is 6.03. The number of ether oxygens (including phenoxy) is 4. The van der Waals surface area contributed by atoms with Gasteiger partial charge < -0.3 is 29.4 Å². The second kappa shape index (κ2) is 14.1. The number of methoxy groups -OCH3 is 2. The fourth-order valence-electron chi connectivity index (χ4n) is 6.38. The predicted molar refractivity (Wildman–Crippen MR) is 182 cm³/mol. The van der Waals surface area contributed by atoms with Crippen LogP contribution >= 0.6 is 0 Å². The van der Waals surface area contributed by atoms with Crippen molar-refractivity contribution in [3.05, 3.63) is 155 Å². The number of alkyl carbamates (subject to hydrolysis) is 1. The van der Waals surface area contributed by atoms with Gasteiger partial charge in [0.1, 0.15) is 23.7 Å². The molecule has 0 radical (unpaired) electrons. The van der Waals surface area contributed by atoms with Gasteiger partial charge in [-0.2, -0.15) is 0 Å². The molecule has 0 fully saturated rings. The van der Waals surface area contributed by atoms with Crippen LogP contribution in [0, 0.1) is 0 Å². The zero-order chi connectivity index (χ0) is 32.8. The Morgan fingerprint density at radius 2 is 1.17 bits per heavy atom. The molecular weight excluding hydrogens is 590 g/mol. The molecule has 7 nitrogen and oxygen atoms in total. The van der Waals surface area contributed by atoms with Crippen LogP contribution < -0.4 is 14.8 Å². The van der Waals surface area contributed by atoms with Crippen molar-refractivity contribution >= 4 is 6.09 Å². The van der Waals surface area contributed by atoms with Crippen LogP contribution in [-0.4, -0.2) is 50.8 Å². The Hall–Kier alpha value is -5.11. The predicted octanol–water partition coefficient (Wildman–Crippen LogP) is 7.30. The third-order valence-electron chi connectivity index (χ3n) is 8.88. The van der Waals surface area contributed by atoms with E-state index in [9.17, 15) is 9.90 Å². The highest BCUT2D eigenvalue weighted by molar-refractivity contribution is 5.79. The van der Waals surface area contributed by atoms with E-state index in [0.717, 1.165) is 38.9 Å². The van der Waals surface area contributed by atoms with Crippen molar-refractivity contribution < 1.29 is 28.8 Å². The molecule has 7 heteroatoms. The smallest absolute Gasteiger partial charge is 0.407 e. The molecule has 0 bridgehead atoms. The maximum atomic E-state index is 13.3. The van der Waals surface area contributed by atoms with E-state index < -0.39 is 23.8 Å².